The van der Waals surface area contributed by atoms with E-state index >= 15 is 0 Å². The predicted molar refractivity (Wildman–Crippen MR) is 225 cm³/mol. The molecule has 56 heavy (non-hydrogen) atoms. The molecule has 2 saturated carbocycles. The number of alkyl carbamates (subject to hydrolysis) is 1. The Hall–Kier alpha value is -3.44. The lowest BCUT2D eigenvalue weighted by Crippen LogP contribution is -2.52. The standard InChI is InChI=1S/C45H72N2O8Si/c1-15-30-27-32-28-31(21-19-20-24-36(49)53-43(3,4)5)33(37(32)29(30)2)22-17-16-18-23-34(48)38-40(50)39(47(12)41(38)51)35(55-56(13,14)45(9,10)11)25-26-46-42(52)54-44(6,7)8/h16-21,23-24,29-33,35,37,39,48H,15,22,25-28H2,1-14H3,(H,46,52)/b17-16+,21-19-,23-18+,24-20+,38-34-/t29-,30+,31+,32+,33+,35-,37+,39-/m0/s1. The quantitative estimate of drug-likeness (QED) is 0.0444. The van der Waals surface area contributed by atoms with Crippen LogP contribution in [-0.2, 0) is 28.3 Å². The molecule has 11 heteroatoms. The number of Topliss-reactive ketones (excluding diaryl/α,β-unsaturated/α-hetero) is 1. The van der Waals surface area contributed by atoms with Crippen molar-refractivity contribution in [2.24, 2.45) is 35.5 Å². The fourth-order valence-corrected chi connectivity index (χ4v) is 9.83. The number of aliphatic hydroxyl groups is 1. The van der Waals surface area contributed by atoms with Gasteiger partial charge in [-0.1, -0.05) is 77.5 Å². The van der Waals surface area contributed by atoms with Crippen molar-refractivity contribution in [2.45, 2.75) is 150 Å². The van der Waals surface area contributed by atoms with E-state index in [2.05, 4.69) is 65.2 Å². The lowest BCUT2D eigenvalue weighted by molar-refractivity contribution is -0.148. The van der Waals surface area contributed by atoms with Gasteiger partial charge in [-0.2, -0.15) is 0 Å². The highest BCUT2D eigenvalue weighted by atomic mass is 28.4. The number of carbonyl (C=O) groups is 4. The first-order valence-electron chi connectivity index (χ1n) is 20.6. The van der Waals surface area contributed by atoms with Gasteiger partial charge in [0, 0.05) is 19.7 Å². The summed E-state index contributed by atoms with van der Waals surface area (Å²) in [5, 5.41) is 13.7. The number of carbonyl (C=O) groups excluding carboxylic acids is 4. The normalized spacial score (nSPS) is 28.0. The van der Waals surface area contributed by atoms with Crippen molar-refractivity contribution in [1.29, 1.82) is 0 Å². The Balaban J connectivity index is 1.78. The molecule has 0 aromatic heterocycles. The average molecular weight is 797 g/mol. The second-order valence-corrected chi connectivity index (χ2v) is 24.3. The maximum absolute atomic E-state index is 14.0. The van der Waals surface area contributed by atoms with E-state index in [1.807, 2.05) is 32.9 Å². The van der Waals surface area contributed by atoms with Crippen LogP contribution in [0.5, 0.6) is 0 Å². The first kappa shape index (κ1) is 46.9. The van der Waals surface area contributed by atoms with Gasteiger partial charge in [0.2, 0.25) is 0 Å². The summed E-state index contributed by atoms with van der Waals surface area (Å²) in [7, 11) is -0.877. The van der Waals surface area contributed by atoms with Crippen molar-refractivity contribution in [2.75, 3.05) is 13.6 Å². The SMILES string of the molecule is CC[C@@H]1C[C@@H]2C[C@@H](/C=C\C=C\C(=O)OC(C)(C)C)[C@@H](C/C=C/C=C/C(O)=C3\C(=O)[C@H]([C@H](CCNC(=O)OC(C)(C)C)O[Si](C)(C)C(C)(C)C)N(C)C3=O)[C@@H]2[C@H]1C. The molecule has 3 rings (SSSR count). The number of aliphatic hydroxyl groups excluding tert-OH is 1. The van der Waals surface area contributed by atoms with Gasteiger partial charge in [0.05, 0.1) is 6.10 Å². The van der Waals surface area contributed by atoms with Crippen LogP contribution in [0.2, 0.25) is 18.1 Å². The van der Waals surface area contributed by atoms with E-state index in [1.54, 1.807) is 40.0 Å². The summed E-state index contributed by atoms with van der Waals surface area (Å²) in [4.78, 5) is 53.4. The van der Waals surface area contributed by atoms with Crippen LogP contribution in [0.3, 0.4) is 0 Å². The number of allylic oxidation sites excluding steroid dienone is 7. The van der Waals surface area contributed by atoms with Gasteiger partial charge in [0.25, 0.3) is 5.91 Å². The molecule has 0 radical (unpaired) electrons. The summed E-state index contributed by atoms with van der Waals surface area (Å²) in [6.07, 6.45) is 17.9. The minimum Gasteiger partial charge on any atom is -0.507 e. The lowest BCUT2D eigenvalue weighted by Gasteiger charge is -2.41. The van der Waals surface area contributed by atoms with Crippen LogP contribution in [0.25, 0.3) is 0 Å². The number of esters is 1. The number of likely N-dealkylation sites (tertiary alicyclic amines) is 1. The molecule has 3 aliphatic rings. The Bertz CT molecular complexity index is 1570. The van der Waals surface area contributed by atoms with Crippen molar-refractivity contribution >= 4 is 32.1 Å². The highest BCUT2D eigenvalue weighted by molar-refractivity contribution is 6.74. The van der Waals surface area contributed by atoms with Gasteiger partial charge < -0.3 is 29.2 Å². The smallest absolute Gasteiger partial charge is 0.407 e. The average Bonchev–Trinajstić information content (AvgIpc) is 3.62. The number of ether oxygens (including phenoxy) is 2. The van der Waals surface area contributed by atoms with Crippen LogP contribution >= 0.6 is 0 Å². The molecule has 1 aliphatic heterocycles. The molecule has 314 valence electrons. The Morgan fingerprint density at radius 3 is 2.16 bits per heavy atom. The number of hydrogen-bond donors (Lipinski definition) is 2. The topological polar surface area (TPSA) is 131 Å². The fraction of sp³-hybridized carbons (Fsp3) is 0.689. The molecule has 2 amide bonds. The number of nitrogens with zero attached hydrogens (tertiary/aromatic N) is 1. The van der Waals surface area contributed by atoms with Crippen molar-refractivity contribution in [1.82, 2.24) is 10.2 Å². The molecular weight excluding hydrogens is 725 g/mol. The third kappa shape index (κ3) is 12.5. The summed E-state index contributed by atoms with van der Waals surface area (Å²) < 4.78 is 17.5. The number of fused-ring (bicyclic) bond motifs is 1. The van der Waals surface area contributed by atoms with Crippen molar-refractivity contribution in [3.63, 3.8) is 0 Å². The van der Waals surface area contributed by atoms with E-state index < -0.39 is 49.4 Å². The summed E-state index contributed by atoms with van der Waals surface area (Å²) in [5.41, 5.74) is -1.46. The second-order valence-electron chi connectivity index (χ2n) is 19.6. The maximum Gasteiger partial charge on any atom is 0.407 e. The predicted octanol–water partition coefficient (Wildman–Crippen LogP) is 9.40. The molecule has 0 unspecified atom stereocenters. The van der Waals surface area contributed by atoms with Crippen LogP contribution in [0.4, 0.5) is 4.79 Å². The maximum atomic E-state index is 14.0. The van der Waals surface area contributed by atoms with Crippen LogP contribution in [0.1, 0.15) is 108 Å². The minimum atomic E-state index is -2.43. The van der Waals surface area contributed by atoms with Gasteiger partial charge in [-0.05, 0) is 127 Å². The minimum absolute atomic E-state index is 0.175. The van der Waals surface area contributed by atoms with Gasteiger partial charge in [-0.15, -0.1) is 0 Å². The number of nitrogens with one attached hydrogen (secondary N) is 1. The zero-order chi connectivity index (χ0) is 42.4. The van der Waals surface area contributed by atoms with Gasteiger partial charge in [0.1, 0.15) is 28.6 Å². The lowest BCUT2D eigenvalue weighted by atomic mass is 9.78. The molecule has 0 spiro atoms. The first-order valence-corrected chi connectivity index (χ1v) is 23.5. The van der Waals surface area contributed by atoms with Crippen LogP contribution in [0, 0.1) is 35.5 Å². The van der Waals surface area contributed by atoms with E-state index in [0.717, 1.165) is 18.8 Å². The molecule has 0 aromatic rings. The summed E-state index contributed by atoms with van der Waals surface area (Å²) in [6, 6.07) is -0.960. The summed E-state index contributed by atoms with van der Waals surface area (Å²) in [6.45, 7) is 26.2. The second kappa shape index (κ2) is 18.9. The van der Waals surface area contributed by atoms with E-state index in [0.29, 0.717) is 29.6 Å². The van der Waals surface area contributed by atoms with Gasteiger partial charge in [-0.25, -0.2) is 9.59 Å². The van der Waals surface area contributed by atoms with Gasteiger partial charge in [-0.3, -0.25) is 9.59 Å². The van der Waals surface area contributed by atoms with E-state index in [-0.39, 0.29) is 35.3 Å². The molecular formula is C45H72N2O8Si. The summed E-state index contributed by atoms with van der Waals surface area (Å²) in [5.74, 6) is 1.64. The Morgan fingerprint density at radius 1 is 0.946 bits per heavy atom. The molecule has 0 bridgehead atoms. The third-order valence-corrected chi connectivity index (χ3v) is 16.6. The van der Waals surface area contributed by atoms with Crippen molar-refractivity contribution < 1.29 is 38.2 Å². The molecule has 1 heterocycles. The zero-order valence-corrected chi connectivity index (χ0v) is 37.7. The molecule has 0 aromatic carbocycles. The molecule has 10 nitrogen and oxygen atoms in total. The number of hydrogen-bond acceptors (Lipinski definition) is 8. The largest absolute Gasteiger partial charge is 0.507 e. The summed E-state index contributed by atoms with van der Waals surface area (Å²) >= 11 is 0. The van der Waals surface area contributed by atoms with Crippen LogP contribution in [-0.4, -0.2) is 79.0 Å². The van der Waals surface area contributed by atoms with Gasteiger partial charge in [0.15, 0.2) is 14.1 Å². The molecule has 2 aliphatic carbocycles. The van der Waals surface area contributed by atoms with Crippen LogP contribution < -0.4 is 5.32 Å². The Kier molecular flexibility index (Phi) is 15.8. The third-order valence-electron chi connectivity index (χ3n) is 12.1. The number of rotatable bonds is 14. The number of ketones is 1. The van der Waals surface area contributed by atoms with Crippen molar-refractivity contribution in [3.05, 3.63) is 59.9 Å². The van der Waals surface area contributed by atoms with E-state index in [1.165, 1.54) is 29.9 Å². The highest BCUT2D eigenvalue weighted by Gasteiger charge is 2.51. The molecule has 1 saturated heterocycles. The monoisotopic (exact) mass is 797 g/mol. The Morgan fingerprint density at radius 2 is 1.57 bits per heavy atom. The number of likely N-dealkylation sites (N-methyl/N-ethyl adjacent to an activating group) is 1. The molecule has 2 N–H and O–H groups in total. The van der Waals surface area contributed by atoms with Crippen molar-refractivity contribution in [3.8, 4) is 0 Å². The molecule has 8 atom stereocenters. The first-order chi connectivity index (χ1) is 25.8. The van der Waals surface area contributed by atoms with Crippen LogP contribution in [0.15, 0.2) is 59.9 Å². The highest BCUT2D eigenvalue weighted by Crippen LogP contribution is 2.57. The molecule has 3 fully saturated rings. The zero-order valence-electron chi connectivity index (χ0n) is 36.7. The van der Waals surface area contributed by atoms with E-state index in [9.17, 15) is 24.3 Å². The number of amides is 2. The van der Waals surface area contributed by atoms with Gasteiger partial charge >= 0.3 is 12.1 Å². The fourth-order valence-electron chi connectivity index (χ4n) is 8.47. The van der Waals surface area contributed by atoms with E-state index in [4.69, 9.17) is 13.9 Å². The Labute approximate surface area is 338 Å².